The number of piperidine rings is 1. The smallest absolute Gasteiger partial charge is 0.410 e. The second kappa shape index (κ2) is 8.62. The topological polar surface area (TPSA) is 60.0 Å². The summed E-state index contributed by atoms with van der Waals surface area (Å²) in [6.07, 6.45) is 2.70. The van der Waals surface area contributed by atoms with Crippen LogP contribution in [0.15, 0.2) is 18.2 Å². The summed E-state index contributed by atoms with van der Waals surface area (Å²) in [7, 11) is 1.67. The molecule has 144 valence electrons. The first-order valence-electron chi connectivity index (χ1n) is 9.53. The predicted molar refractivity (Wildman–Crippen MR) is 99.9 cm³/mol. The minimum atomic E-state index is -0.189. The van der Waals surface area contributed by atoms with Gasteiger partial charge in [-0.2, -0.15) is 0 Å². The Labute approximate surface area is 155 Å². The van der Waals surface area contributed by atoms with Crippen LogP contribution in [0.5, 0.6) is 11.5 Å². The zero-order valence-electron chi connectivity index (χ0n) is 16.0. The van der Waals surface area contributed by atoms with Crippen LogP contribution in [0.4, 0.5) is 4.79 Å². The van der Waals surface area contributed by atoms with Crippen molar-refractivity contribution in [3.63, 3.8) is 0 Å². The molecule has 6 nitrogen and oxygen atoms in total. The number of benzene rings is 1. The zero-order valence-corrected chi connectivity index (χ0v) is 16.0. The SMILES string of the molecule is COc1ccc2c(c1)OC[C@@H](CNC1CCN(C(=O)OC(C)C)CC1)C2. The molecule has 1 aromatic carbocycles. The quantitative estimate of drug-likeness (QED) is 0.873. The van der Waals surface area contributed by atoms with Crippen molar-refractivity contribution in [2.24, 2.45) is 5.92 Å². The minimum Gasteiger partial charge on any atom is -0.497 e. The number of fused-ring (bicyclic) bond motifs is 1. The Morgan fingerprint density at radius 3 is 2.81 bits per heavy atom. The van der Waals surface area contributed by atoms with E-state index in [1.807, 2.05) is 30.9 Å². The Balaban J connectivity index is 1.41. The van der Waals surface area contributed by atoms with Gasteiger partial charge in [0.25, 0.3) is 0 Å². The molecule has 1 atom stereocenters. The van der Waals surface area contributed by atoms with Gasteiger partial charge in [0.05, 0.1) is 19.8 Å². The van der Waals surface area contributed by atoms with Crippen molar-refractivity contribution in [1.82, 2.24) is 10.2 Å². The first kappa shape index (κ1) is 18.8. The van der Waals surface area contributed by atoms with Gasteiger partial charge in [-0.05, 0) is 44.7 Å². The summed E-state index contributed by atoms with van der Waals surface area (Å²) in [6.45, 7) is 6.94. The zero-order chi connectivity index (χ0) is 18.5. The fourth-order valence-electron chi connectivity index (χ4n) is 3.55. The lowest BCUT2D eigenvalue weighted by atomic mass is 9.95. The minimum absolute atomic E-state index is 0.0625. The molecule has 0 saturated carbocycles. The molecule has 2 aliphatic rings. The van der Waals surface area contributed by atoms with E-state index in [1.165, 1.54) is 5.56 Å². The monoisotopic (exact) mass is 362 g/mol. The van der Waals surface area contributed by atoms with E-state index in [9.17, 15) is 4.79 Å². The number of amides is 1. The van der Waals surface area contributed by atoms with Crippen molar-refractivity contribution in [3.8, 4) is 11.5 Å². The maximum atomic E-state index is 11.9. The third kappa shape index (κ3) is 4.81. The molecule has 1 N–H and O–H groups in total. The molecule has 0 spiro atoms. The van der Waals surface area contributed by atoms with Crippen LogP contribution < -0.4 is 14.8 Å². The van der Waals surface area contributed by atoms with Gasteiger partial charge in [-0.25, -0.2) is 4.79 Å². The molecular formula is C20H30N2O4. The molecule has 2 aliphatic heterocycles. The third-order valence-electron chi connectivity index (χ3n) is 5.04. The van der Waals surface area contributed by atoms with Crippen molar-refractivity contribution < 1.29 is 19.0 Å². The Morgan fingerprint density at radius 2 is 2.12 bits per heavy atom. The maximum Gasteiger partial charge on any atom is 0.410 e. The lowest BCUT2D eigenvalue weighted by Crippen LogP contribution is -2.47. The van der Waals surface area contributed by atoms with Crippen LogP contribution in [0.2, 0.25) is 0 Å². The second-order valence-electron chi connectivity index (χ2n) is 7.46. The number of likely N-dealkylation sites (tertiary alicyclic amines) is 1. The molecule has 0 aliphatic carbocycles. The lowest BCUT2D eigenvalue weighted by molar-refractivity contribution is 0.0674. The summed E-state index contributed by atoms with van der Waals surface area (Å²) in [5, 5.41) is 3.66. The van der Waals surface area contributed by atoms with Crippen LogP contribution in [0.25, 0.3) is 0 Å². The van der Waals surface area contributed by atoms with Gasteiger partial charge in [-0.3, -0.25) is 0 Å². The highest BCUT2D eigenvalue weighted by atomic mass is 16.6. The first-order valence-corrected chi connectivity index (χ1v) is 9.53. The first-order chi connectivity index (χ1) is 12.5. The van der Waals surface area contributed by atoms with Gasteiger partial charge in [0.15, 0.2) is 0 Å². The van der Waals surface area contributed by atoms with Crippen molar-refractivity contribution in [1.29, 1.82) is 0 Å². The molecule has 3 rings (SSSR count). The Bertz CT molecular complexity index is 612. The van der Waals surface area contributed by atoms with E-state index in [0.29, 0.717) is 12.0 Å². The molecule has 1 amide bonds. The predicted octanol–water partition coefficient (Wildman–Crippen LogP) is 2.85. The average molecular weight is 362 g/mol. The van der Waals surface area contributed by atoms with Crippen molar-refractivity contribution in [2.45, 2.75) is 45.3 Å². The Morgan fingerprint density at radius 1 is 1.35 bits per heavy atom. The molecule has 1 aromatic rings. The molecule has 1 saturated heterocycles. The molecule has 0 radical (unpaired) electrons. The fourth-order valence-corrected chi connectivity index (χ4v) is 3.55. The number of rotatable bonds is 5. The molecule has 1 fully saturated rings. The number of carbonyl (C=O) groups excluding carboxylic acids is 1. The average Bonchev–Trinajstić information content (AvgIpc) is 2.65. The highest BCUT2D eigenvalue weighted by molar-refractivity contribution is 5.67. The number of hydrogen-bond donors (Lipinski definition) is 1. The molecule has 6 heteroatoms. The van der Waals surface area contributed by atoms with E-state index in [-0.39, 0.29) is 12.2 Å². The van der Waals surface area contributed by atoms with Gasteiger partial charge in [-0.1, -0.05) is 6.07 Å². The summed E-state index contributed by atoms with van der Waals surface area (Å²) in [4.78, 5) is 13.8. The Kier molecular flexibility index (Phi) is 6.25. The summed E-state index contributed by atoms with van der Waals surface area (Å²) < 4.78 is 16.4. The standard InChI is InChI=1S/C20H30N2O4/c1-14(2)26-20(23)22-8-6-17(7-9-22)21-12-15-10-16-4-5-18(24-3)11-19(16)25-13-15/h4-5,11,14-15,17,21H,6-10,12-13H2,1-3H3/t15-/m1/s1. The summed E-state index contributed by atoms with van der Waals surface area (Å²) in [5.74, 6) is 2.25. The van der Waals surface area contributed by atoms with Crippen LogP contribution in [0, 0.1) is 5.92 Å². The number of nitrogens with one attached hydrogen (secondary N) is 1. The highest BCUT2D eigenvalue weighted by Gasteiger charge is 2.26. The van der Waals surface area contributed by atoms with Crippen LogP contribution in [-0.4, -0.2) is 56.5 Å². The van der Waals surface area contributed by atoms with E-state index in [1.54, 1.807) is 7.11 Å². The summed E-state index contributed by atoms with van der Waals surface area (Å²) in [5.41, 5.74) is 1.25. The molecule has 2 heterocycles. The van der Waals surface area contributed by atoms with Gasteiger partial charge >= 0.3 is 6.09 Å². The van der Waals surface area contributed by atoms with Gasteiger partial charge in [-0.15, -0.1) is 0 Å². The van der Waals surface area contributed by atoms with Gasteiger partial charge in [0.2, 0.25) is 0 Å². The van der Waals surface area contributed by atoms with Gasteiger partial charge < -0.3 is 24.4 Å². The van der Waals surface area contributed by atoms with Crippen LogP contribution in [-0.2, 0) is 11.2 Å². The number of ether oxygens (including phenoxy) is 3. The second-order valence-corrected chi connectivity index (χ2v) is 7.46. The van der Waals surface area contributed by atoms with Crippen LogP contribution in [0.3, 0.4) is 0 Å². The van der Waals surface area contributed by atoms with Gasteiger partial charge in [0, 0.05) is 37.7 Å². The normalized spacial score (nSPS) is 20.5. The third-order valence-corrected chi connectivity index (χ3v) is 5.04. The van der Waals surface area contributed by atoms with Crippen molar-refractivity contribution >= 4 is 6.09 Å². The van der Waals surface area contributed by atoms with E-state index in [2.05, 4.69) is 11.4 Å². The Hall–Kier alpha value is -1.95. The maximum absolute atomic E-state index is 11.9. The molecule has 0 aromatic heterocycles. The number of hydrogen-bond acceptors (Lipinski definition) is 5. The molecule has 0 bridgehead atoms. The number of carbonyl (C=O) groups is 1. The highest BCUT2D eigenvalue weighted by Crippen LogP contribution is 2.30. The van der Waals surface area contributed by atoms with Crippen molar-refractivity contribution in [3.05, 3.63) is 23.8 Å². The molecule has 0 unspecified atom stereocenters. The molecular weight excluding hydrogens is 332 g/mol. The molecule has 26 heavy (non-hydrogen) atoms. The lowest BCUT2D eigenvalue weighted by Gasteiger charge is -2.33. The summed E-state index contributed by atoms with van der Waals surface area (Å²) >= 11 is 0. The number of methoxy groups -OCH3 is 1. The largest absolute Gasteiger partial charge is 0.497 e. The summed E-state index contributed by atoms with van der Waals surface area (Å²) in [6, 6.07) is 6.50. The number of nitrogens with zero attached hydrogens (tertiary/aromatic N) is 1. The van der Waals surface area contributed by atoms with Gasteiger partial charge in [0.1, 0.15) is 11.5 Å². The van der Waals surface area contributed by atoms with Crippen LogP contribution >= 0.6 is 0 Å². The van der Waals surface area contributed by atoms with Crippen LogP contribution in [0.1, 0.15) is 32.3 Å². The van der Waals surface area contributed by atoms with E-state index >= 15 is 0 Å². The van der Waals surface area contributed by atoms with Crippen molar-refractivity contribution in [2.75, 3.05) is 33.4 Å². The fraction of sp³-hybridized carbons (Fsp3) is 0.650. The van der Waals surface area contributed by atoms with E-state index < -0.39 is 0 Å². The van der Waals surface area contributed by atoms with E-state index in [4.69, 9.17) is 14.2 Å². The van der Waals surface area contributed by atoms with E-state index in [0.717, 1.165) is 57.0 Å².